The van der Waals surface area contributed by atoms with Crippen molar-refractivity contribution in [3.05, 3.63) is 53.3 Å². The Morgan fingerprint density at radius 2 is 1.76 bits per heavy atom. The van der Waals surface area contributed by atoms with Gasteiger partial charge >= 0.3 is 6.18 Å². The van der Waals surface area contributed by atoms with Crippen LogP contribution in [-0.2, 0) is 11.6 Å². The van der Waals surface area contributed by atoms with Gasteiger partial charge in [-0.1, -0.05) is 32.9 Å². The molecule has 0 spiro atoms. The molecule has 4 rings (SSSR count). The van der Waals surface area contributed by atoms with Crippen LogP contribution in [0.3, 0.4) is 0 Å². The fourth-order valence-corrected chi connectivity index (χ4v) is 4.15. The first-order chi connectivity index (χ1) is 15.3. The van der Waals surface area contributed by atoms with Crippen molar-refractivity contribution in [3.63, 3.8) is 0 Å². The van der Waals surface area contributed by atoms with Crippen molar-refractivity contribution in [3.8, 4) is 11.3 Å². The number of carbonyl (C=O) groups is 1. The Kier molecular flexibility index (Phi) is 6.81. The Hall–Kier alpha value is -2.58. The second kappa shape index (κ2) is 8.89. The standard InChI is InChI=1S/C25H28F3N3O2.ClH/c1-23(2,3)17-12-18(15-6-8-16(9-7-15)25(26,27)28)30-19-13-20(33-21(17)19)22(32)31-11-10-29-14-24(31,4)5;/h6-9,12-13,29H,10-11,14H2,1-5H3;1H. The quantitative estimate of drug-likeness (QED) is 0.469. The smallest absolute Gasteiger partial charge is 0.416 e. The van der Waals surface area contributed by atoms with Crippen molar-refractivity contribution in [2.75, 3.05) is 19.6 Å². The van der Waals surface area contributed by atoms with Crippen molar-refractivity contribution >= 4 is 29.4 Å². The van der Waals surface area contributed by atoms with E-state index in [9.17, 15) is 18.0 Å². The predicted octanol–water partition coefficient (Wildman–Crippen LogP) is 6.06. The second-order valence-electron chi connectivity index (χ2n) is 10.2. The zero-order valence-electron chi connectivity index (χ0n) is 19.8. The maximum absolute atomic E-state index is 13.3. The number of halogens is 4. The van der Waals surface area contributed by atoms with Crippen molar-refractivity contribution in [1.82, 2.24) is 15.2 Å². The largest absolute Gasteiger partial charge is 0.449 e. The van der Waals surface area contributed by atoms with E-state index in [0.717, 1.165) is 17.7 Å². The van der Waals surface area contributed by atoms with Gasteiger partial charge in [-0.25, -0.2) is 4.98 Å². The normalized spacial score (nSPS) is 16.4. The maximum Gasteiger partial charge on any atom is 0.416 e. The molecule has 2 aromatic heterocycles. The summed E-state index contributed by atoms with van der Waals surface area (Å²) in [7, 11) is 0. The number of carbonyl (C=O) groups excluding carboxylic acids is 1. The summed E-state index contributed by atoms with van der Waals surface area (Å²) in [6, 6.07) is 8.40. The number of rotatable bonds is 2. The summed E-state index contributed by atoms with van der Waals surface area (Å²) >= 11 is 0. The molecule has 3 aromatic rings. The van der Waals surface area contributed by atoms with Crippen LogP contribution in [0.15, 0.2) is 40.8 Å². The maximum atomic E-state index is 13.3. The van der Waals surface area contributed by atoms with Crippen molar-refractivity contribution < 1.29 is 22.4 Å². The number of nitrogens with one attached hydrogen (secondary N) is 1. The molecule has 184 valence electrons. The lowest BCUT2D eigenvalue weighted by Crippen LogP contribution is -2.59. The minimum Gasteiger partial charge on any atom is -0.449 e. The molecule has 1 amide bonds. The minimum absolute atomic E-state index is 0. The molecule has 1 aliphatic heterocycles. The lowest BCUT2D eigenvalue weighted by Gasteiger charge is -2.42. The summed E-state index contributed by atoms with van der Waals surface area (Å²) in [5.41, 5.74) is 1.55. The van der Waals surface area contributed by atoms with Gasteiger partial charge in [0.25, 0.3) is 5.91 Å². The van der Waals surface area contributed by atoms with E-state index in [-0.39, 0.29) is 35.0 Å². The SMILES string of the molecule is CC(C)(C)c1cc(-c2ccc(C(F)(F)F)cc2)nc2cc(C(=O)N3CCNCC3(C)C)oc12.Cl. The predicted molar refractivity (Wildman–Crippen MR) is 128 cm³/mol. The number of furan rings is 1. The topological polar surface area (TPSA) is 58.4 Å². The van der Waals surface area contributed by atoms with E-state index in [1.807, 2.05) is 40.7 Å². The number of fused-ring (bicyclic) bond motifs is 1. The molecule has 1 aliphatic rings. The summed E-state index contributed by atoms with van der Waals surface area (Å²) in [5, 5.41) is 3.30. The summed E-state index contributed by atoms with van der Waals surface area (Å²) in [6.45, 7) is 12.0. The molecule has 0 radical (unpaired) electrons. The number of hydrogen-bond donors (Lipinski definition) is 1. The Morgan fingerprint density at radius 1 is 1.12 bits per heavy atom. The number of nitrogens with zero attached hydrogens (tertiary/aromatic N) is 2. The number of benzene rings is 1. The zero-order valence-corrected chi connectivity index (χ0v) is 20.7. The summed E-state index contributed by atoms with van der Waals surface area (Å²) in [4.78, 5) is 19.7. The molecule has 5 nitrogen and oxygen atoms in total. The molecule has 1 saturated heterocycles. The van der Waals surface area contributed by atoms with Crippen molar-refractivity contribution in [1.29, 1.82) is 0 Å². The third kappa shape index (κ3) is 4.93. The summed E-state index contributed by atoms with van der Waals surface area (Å²) in [6.07, 6.45) is -4.40. The fourth-order valence-electron chi connectivity index (χ4n) is 4.15. The van der Waals surface area contributed by atoms with Crippen molar-refractivity contribution in [2.24, 2.45) is 0 Å². The first-order valence-corrected chi connectivity index (χ1v) is 10.9. The number of piperazine rings is 1. The third-order valence-electron chi connectivity index (χ3n) is 6.05. The number of pyridine rings is 1. The Bertz CT molecular complexity index is 1200. The van der Waals surface area contributed by atoms with Crippen molar-refractivity contribution in [2.45, 2.75) is 51.7 Å². The molecule has 1 aromatic carbocycles. The van der Waals surface area contributed by atoms with Gasteiger partial charge in [-0.2, -0.15) is 13.2 Å². The molecule has 1 fully saturated rings. The Morgan fingerprint density at radius 3 is 2.32 bits per heavy atom. The molecular formula is C25H29ClF3N3O2. The molecule has 0 atom stereocenters. The Balaban J connectivity index is 0.00000324. The second-order valence-corrected chi connectivity index (χ2v) is 10.2. The van der Waals surface area contributed by atoms with Gasteiger partial charge in [0.05, 0.1) is 16.8 Å². The van der Waals surface area contributed by atoms with E-state index in [0.29, 0.717) is 42.0 Å². The van der Waals surface area contributed by atoms with Crippen LogP contribution in [0, 0.1) is 0 Å². The van der Waals surface area contributed by atoms with Gasteiger partial charge in [-0.15, -0.1) is 12.4 Å². The van der Waals surface area contributed by atoms with Gasteiger partial charge in [-0.05, 0) is 37.5 Å². The Labute approximate surface area is 203 Å². The molecular weight excluding hydrogens is 467 g/mol. The lowest BCUT2D eigenvalue weighted by atomic mass is 9.86. The average Bonchev–Trinajstić information content (AvgIpc) is 3.15. The van der Waals surface area contributed by atoms with Crippen LogP contribution in [0.4, 0.5) is 13.2 Å². The van der Waals surface area contributed by atoms with E-state index in [2.05, 4.69) is 10.3 Å². The van der Waals surface area contributed by atoms with Gasteiger partial charge in [-0.3, -0.25) is 4.79 Å². The molecule has 0 bridgehead atoms. The summed E-state index contributed by atoms with van der Waals surface area (Å²) in [5.74, 6) is 0.0120. The van der Waals surface area contributed by atoms with Gasteiger partial charge in [0, 0.05) is 36.8 Å². The van der Waals surface area contributed by atoms with Crippen LogP contribution in [-0.4, -0.2) is 41.0 Å². The van der Waals surface area contributed by atoms with Gasteiger partial charge in [0.15, 0.2) is 11.3 Å². The lowest BCUT2D eigenvalue weighted by molar-refractivity contribution is -0.137. The number of aromatic nitrogens is 1. The van der Waals surface area contributed by atoms with Crippen LogP contribution in [0.25, 0.3) is 22.4 Å². The highest BCUT2D eigenvalue weighted by atomic mass is 35.5. The number of alkyl halides is 3. The van der Waals surface area contributed by atoms with E-state index in [1.165, 1.54) is 12.1 Å². The summed E-state index contributed by atoms with van der Waals surface area (Å²) < 4.78 is 45.0. The fraction of sp³-hybridized carbons (Fsp3) is 0.440. The molecule has 9 heteroatoms. The monoisotopic (exact) mass is 495 g/mol. The number of amides is 1. The highest BCUT2D eigenvalue weighted by Crippen LogP contribution is 2.36. The van der Waals surface area contributed by atoms with E-state index in [4.69, 9.17) is 4.42 Å². The van der Waals surface area contributed by atoms with Crippen LogP contribution in [0.5, 0.6) is 0 Å². The number of hydrogen-bond acceptors (Lipinski definition) is 4. The first-order valence-electron chi connectivity index (χ1n) is 10.9. The van der Waals surface area contributed by atoms with Crippen LogP contribution in [0.2, 0.25) is 0 Å². The first kappa shape index (κ1) is 26.0. The minimum atomic E-state index is -4.40. The molecule has 0 saturated carbocycles. The van der Waals surface area contributed by atoms with Crippen LogP contribution in [0.1, 0.15) is 56.3 Å². The highest BCUT2D eigenvalue weighted by Gasteiger charge is 2.36. The van der Waals surface area contributed by atoms with Crippen LogP contribution >= 0.6 is 12.4 Å². The van der Waals surface area contributed by atoms with Gasteiger partial charge in [0.1, 0.15) is 5.52 Å². The van der Waals surface area contributed by atoms with Gasteiger partial charge < -0.3 is 14.6 Å². The zero-order chi connectivity index (χ0) is 24.2. The molecule has 1 N–H and O–H groups in total. The van der Waals surface area contributed by atoms with E-state index in [1.54, 1.807) is 11.0 Å². The average molecular weight is 496 g/mol. The van der Waals surface area contributed by atoms with E-state index < -0.39 is 11.7 Å². The molecule has 3 heterocycles. The van der Waals surface area contributed by atoms with Crippen LogP contribution < -0.4 is 5.32 Å². The molecule has 0 aliphatic carbocycles. The highest BCUT2D eigenvalue weighted by molar-refractivity contribution is 5.97. The van der Waals surface area contributed by atoms with Gasteiger partial charge in [0.2, 0.25) is 0 Å². The third-order valence-corrected chi connectivity index (χ3v) is 6.05. The molecule has 0 unspecified atom stereocenters. The van der Waals surface area contributed by atoms with E-state index >= 15 is 0 Å². The molecule has 34 heavy (non-hydrogen) atoms.